The average molecular weight is 294 g/mol. The van der Waals surface area contributed by atoms with Crippen molar-refractivity contribution in [3.8, 4) is 22.3 Å². The number of rotatable bonds is 2. The van der Waals surface area contributed by atoms with E-state index in [2.05, 4.69) is 88.2 Å². The van der Waals surface area contributed by atoms with Gasteiger partial charge in [-0.05, 0) is 23.3 Å². The summed E-state index contributed by atoms with van der Waals surface area (Å²) >= 11 is 0. The third-order valence-corrected chi connectivity index (χ3v) is 4.42. The summed E-state index contributed by atoms with van der Waals surface area (Å²) in [7, 11) is 0. The summed E-state index contributed by atoms with van der Waals surface area (Å²) in [4.78, 5) is 4.56. The van der Waals surface area contributed by atoms with Gasteiger partial charge in [0.15, 0.2) is 0 Å². The van der Waals surface area contributed by atoms with E-state index in [1.54, 1.807) is 0 Å². The Kier molecular flexibility index (Phi) is 2.53. The van der Waals surface area contributed by atoms with Crippen LogP contribution in [0.1, 0.15) is 0 Å². The number of benzene rings is 2. The number of hydrogen-bond acceptors (Lipinski definition) is 1. The molecule has 108 valence electrons. The van der Waals surface area contributed by atoms with Crippen LogP contribution in [-0.2, 0) is 0 Å². The molecule has 0 bridgehead atoms. The van der Waals surface area contributed by atoms with Gasteiger partial charge in [0.2, 0.25) is 0 Å². The number of nitrogens with zero attached hydrogens (tertiary/aromatic N) is 2. The van der Waals surface area contributed by atoms with Crippen molar-refractivity contribution in [1.82, 2.24) is 9.38 Å². The second-order valence-electron chi connectivity index (χ2n) is 5.73. The van der Waals surface area contributed by atoms with Crippen LogP contribution in [0.5, 0.6) is 0 Å². The molecule has 23 heavy (non-hydrogen) atoms. The molecule has 0 aliphatic heterocycles. The van der Waals surface area contributed by atoms with Crippen LogP contribution >= 0.6 is 0 Å². The van der Waals surface area contributed by atoms with Crippen molar-refractivity contribution < 1.29 is 0 Å². The molecular weight excluding hydrogens is 280 g/mol. The van der Waals surface area contributed by atoms with E-state index in [0.29, 0.717) is 0 Å². The van der Waals surface area contributed by atoms with E-state index in [0.717, 1.165) is 5.65 Å². The third kappa shape index (κ3) is 1.72. The van der Waals surface area contributed by atoms with Gasteiger partial charge in [-0.1, -0.05) is 66.7 Å². The van der Waals surface area contributed by atoms with Gasteiger partial charge in [-0.2, -0.15) is 0 Å². The lowest BCUT2D eigenvalue weighted by Crippen LogP contribution is -1.83. The molecule has 2 aromatic carbocycles. The van der Waals surface area contributed by atoms with Crippen LogP contribution in [0.25, 0.3) is 38.9 Å². The van der Waals surface area contributed by atoms with Gasteiger partial charge >= 0.3 is 0 Å². The molecule has 0 radical (unpaired) electrons. The molecule has 0 saturated carbocycles. The summed E-state index contributed by atoms with van der Waals surface area (Å²) in [6.45, 7) is 0. The molecule has 0 unspecified atom stereocenters. The normalized spacial score (nSPS) is 11.5. The minimum absolute atomic E-state index is 0.997. The summed E-state index contributed by atoms with van der Waals surface area (Å²) in [5.74, 6) is 0. The molecule has 0 saturated heterocycles. The summed E-state index contributed by atoms with van der Waals surface area (Å²) in [6, 6.07) is 27.5. The van der Waals surface area contributed by atoms with Gasteiger partial charge in [0.25, 0.3) is 0 Å². The highest BCUT2D eigenvalue weighted by molar-refractivity contribution is 6.05. The Morgan fingerprint density at radius 2 is 1.17 bits per heavy atom. The number of imidazole rings is 1. The molecule has 3 heterocycles. The van der Waals surface area contributed by atoms with Crippen LogP contribution in [0, 0.1) is 0 Å². The zero-order valence-electron chi connectivity index (χ0n) is 12.5. The van der Waals surface area contributed by atoms with Crippen molar-refractivity contribution >= 4 is 16.7 Å². The standard InChI is InChI=1S/C21H14N2/c1-3-8-15(9-4-1)20-17-12-7-13-19-22-14-18(23(17)19)21(20)16-10-5-2-6-11-16/h1-14H. The maximum atomic E-state index is 4.56. The molecule has 5 aromatic rings. The minimum atomic E-state index is 0.997. The molecule has 0 N–H and O–H groups in total. The van der Waals surface area contributed by atoms with Crippen molar-refractivity contribution in [3.05, 3.63) is 85.1 Å². The first kappa shape index (κ1) is 12.4. The molecular formula is C21H14N2. The fraction of sp³-hybridized carbons (Fsp3) is 0. The lowest BCUT2D eigenvalue weighted by atomic mass is 9.96. The predicted octanol–water partition coefficient (Wildman–Crippen LogP) is 5.26. The van der Waals surface area contributed by atoms with E-state index in [1.807, 2.05) is 6.20 Å². The Morgan fingerprint density at radius 1 is 0.565 bits per heavy atom. The second kappa shape index (κ2) is 4.68. The van der Waals surface area contributed by atoms with Gasteiger partial charge in [0.1, 0.15) is 5.65 Å². The van der Waals surface area contributed by atoms with Crippen LogP contribution < -0.4 is 0 Å². The lowest BCUT2D eigenvalue weighted by molar-refractivity contribution is 1.30. The topological polar surface area (TPSA) is 17.3 Å². The number of aromatic nitrogens is 2. The summed E-state index contributed by atoms with van der Waals surface area (Å²) in [6.07, 6.45) is 1.98. The van der Waals surface area contributed by atoms with Crippen molar-refractivity contribution in [2.45, 2.75) is 0 Å². The quantitative estimate of drug-likeness (QED) is 0.434. The minimum Gasteiger partial charge on any atom is -0.292 e. The highest BCUT2D eigenvalue weighted by Gasteiger charge is 2.20. The summed E-state index contributed by atoms with van der Waals surface area (Å²) in [5.41, 5.74) is 8.37. The Balaban J connectivity index is 1.99. The van der Waals surface area contributed by atoms with Crippen molar-refractivity contribution in [2.75, 3.05) is 0 Å². The highest BCUT2D eigenvalue weighted by atomic mass is 15.0. The molecule has 0 atom stereocenters. The molecule has 0 aliphatic rings. The average Bonchev–Trinajstić information content (AvgIpc) is 3.19. The molecule has 3 aromatic heterocycles. The van der Waals surface area contributed by atoms with E-state index in [1.165, 1.54) is 33.3 Å². The molecule has 2 heteroatoms. The van der Waals surface area contributed by atoms with Gasteiger partial charge in [-0.3, -0.25) is 4.40 Å². The Morgan fingerprint density at radius 3 is 1.83 bits per heavy atom. The van der Waals surface area contributed by atoms with E-state index in [-0.39, 0.29) is 0 Å². The highest BCUT2D eigenvalue weighted by Crippen LogP contribution is 2.41. The van der Waals surface area contributed by atoms with Crippen molar-refractivity contribution in [3.63, 3.8) is 0 Å². The lowest BCUT2D eigenvalue weighted by Gasteiger charge is -2.06. The Hall–Kier alpha value is -3.13. The molecule has 0 amide bonds. The van der Waals surface area contributed by atoms with Gasteiger partial charge in [0.05, 0.1) is 17.2 Å². The summed E-state index contributed by atoms with van der Waals surface area (Å²) in [5, 5.41) is 0. The van der Waals surface area contributed by atoms with Crippen LogP contribution in [0.3, 0.4) is 0 Å². The first-order valence-electron chi connectivity index (χ1n) is 7.76. The maximum absolute atomic E-state index is 4.56. The van der Waals surface area contributed by atoms with Crippen molar-refractivity contribution in [2.24, 2.45) is 0 Å². The zero-order valence-corrected chi connectivity index (χ0v) is 12.5. The Labute approximate surface area is 134 Å². The van der Waals surface area contributed by atoms with E-state index in [4.69, 9.17) is 0 Å². The van der Waals surface area contributed by atoms with Crippen LogP contribution in [0.15, 0.2) is 85.1 Å². The zero-order chi connectivity index (χ0) is 15.2. The van der Waals surface area contributed by atoms with Gasteiger partial charge in [-0.25, -0.2) is 4.98 Å². The molecule has 5 rings (SSSR count). The monoisotopic (exact) mass is 294 g/mol. The first-order valence-corrected chi connectivity index (χ1v) is 7.76. The van der Waals surface area contributed by atoms with E-state index < -0.39 is 0 Å². The first-order chi connectivity index (χ1) is 11.4. The van der Waals surface area contributed by atoms with Crippen LogP contribution in [0.2, 0.25) is 0 Å². The van der Waals surface area contributed by atoms with Crippen LogP contribution in [-0.4, -0.2) is 9.38 Å². The largest absolute Gasteiger partial charge is 0.292 e. The molecule has 0 aliphatic carbocycles. The molecule has 0 fully saturated rings. The third-order valence-electron chi connectivity index (χ3n) is 4.42. The van der Waals surface area contributed by atoms with Gasteiger partial charge in [-0.15, -0.1) is 0 Å². The number of hydrogen-bond donors (Lipinski definition) is 0. The van der Waals surface area contributed by atoms with Gasteiger partial charge < -0.3 is 0 Å². The predicted molar refractivity (Wildman–Crippen MR) is 94.8 cm³/mol. The smallest absolute Gasteiger partial charge is 0.137 e. The number of pyridine rings is 1. The van der Waals surface area contributed by atoms with Gasteiger partial charge in [0, 0.05) is 11.1 Å². The maximum Gasteiger partial charge on any atom is 0.137 e. The van der Waals surface area contributed by atoms with E-state index >= 15 is 0 Å². The van der Waals surface area contributed by atoms with Crippen molar-refractivity contribution in [1.29, 1.82) is 0 Å². The second-order valence-corrected chi connectivity index (χ2v) is 5.73. The van der Waals surface area contributed by atoms with E-state index in [9.17, 15) is 0 Å². The summed E-state index contributed by atoms with van der Waals surface area (Å²) < 4.78 is 2.25. The fourth-order valence-corrected chi connectivity index (χ4v) is 3.46. The molecule has 0 spiro atoms. The molecule has 2 nitrogen and oxygen atoms in total. The van der Waals surface area contributed by atoms with Crippen LogP contribution in [0.4, 0.5) is 0 Å². The Bertz CT molecular complexity index is 1050. The SMILES string of the molecule is c1ccc(-c2c(-c3ccccc3)c3cnc4cccc2n43)cc1. The fourth-order valence-electron chi connectivity index (χ4n) is 3.46.